The summed E-state index contributed by atoms with van der Waals surface area (Å²) in [6, 6.07) is 11.7. The van der Waals surface area contributed by atoms with Crippen molar-refractivity contribution in [3.05, 3.63) is 72.1 Å². The standard InChI is InChI=1S/C25H22F3N5O3/c26-25(27,28)16-9-18(11-20(10-16)36-14-19-3-2-8-35-19)32-24(34)21-4-1-7-29-23(21)31-17-6-5-15-13-30-33-22(15)12-17/h1,4-7,9-13,19H,2-3,8,14H2,(H,29,31)(H,30,33)(H,32,34)/t19-/m1/s1. The molecule has 2 aromatic heterocycles. The summed E-state index contributed by atoms with van der Waals surface area (Å²) in [4.78, 5) is 17.3. The van der Waals surface area contributed by atoms with Crippen molar-refractivity contribution in [2.24, 2.45) is 0 Å². The molecule has 0 spiro atoms. The maximum atomic E-state index is 13.5. The molecule has 1 aliphatic rings. The van der Waals surface area contributed by atoms with Crippen LogP contribution in [0.2, 0.25) is 0 Å². The van der Waals surface area contributed by atoms with Gasteiger partial charge < -0.3 is 20.1 Å². The van der Waals surface area contributed by atoms with Crippen molar-refractivity contribution in [1.29, 1.82) is 0 Å². The molecule has 1 atom stereocenters. The number of aromatic nitrogens is 3. The molecule has 8 nitrogen and oxygen atoms in total. The number of halogens is 3. The van der Waals surface area contributed by atoms with E-state index in [0.29, 0.717) is 12.3 Å². The molecule has 11 heteroatoms. The molecule has 3 N–H and O–H groups in total. The summed E-state index contributed by atoms with van der Waals surface area (Å²) in [6.45, 7) is 0.737. The molecule has 4 aromatic rings. The molecule has 2 aromatic carbocycles. The minimum atomic E-state index is -4.62. The molecule has 36 heavy (non-hydrogen) atoms. The molecule has 0 bridgehead atoms. The molecule has 1 amide bonds. The molecule has 1 fully saturated rings. The van der Waals surface area contributed by atoms with E-state index in [9.17, 15) is 18.0 Å². The van der Waals surface area contributed by atoms with E-state index in [1.807, 2.05) is 12.1 Å². The van der Waals surface area contributed by atoms with Gasteiger partial charge in [-0.25, -0.2) is 4.98 Å². The quantitative estimate of drug-likeness (QED) is 0.310. The van der Waals surface area contributed by atoms with Crippen LogP contribution in [-0.2, 0) is 10.9 Å². The molecular weight excluding hydrogens is 475 g/mol. The first kappa shape index (κ1) is 23.6. The molecule has 0 saturated carbocycles. The summed E-state index contributed by atoms with van der Waals surface area (Å²) in [5.74, 6) is -0.388. The lowest BCUT2D eigenvalue weighted by molar-refractivity contribution is -0.137. The Morgan fingerprint density at radius 1 is 1.17 bits per heavy atom. The monoisotopic (exact) mass is 497 g/mol. The third-order valence-corrected chi connectivity index (χ3v) is 5.71. The number of benzene rings is 2. The van der Waals surface area contributed by atoms with E-state index in [2.05, 4.69) is 25.8 Å². The number of nitrogens with zero attached hydrogens (tertiary/aromatic N) is 2. The summed E-state index contributed by atoms with van der Waals surface area (Å²) < 4.78 is 51.6. The third kappa shape index (κ3) is 5.41. The molecule has 0 unspecified atom stereocenters. The average molecular weight is 497 g/mol. The van der Waals surface area contributed by atoms with Crippen LogP contribution in [-0.4, -0.2) is 40.4 Å². The van der Waals surface area contributed by atoms with Gasteiger partial charge in [0.2, 0.25) is 0 Å². The van der Waals surface area contributed by atoms with Crippen molar-refractivity contribution in [3.8, 4) is 5.75 Å². The van der Waals surface area contributed by atoms with Crippen LogP contribution in [0.1, 0.15) is 28.8 Å². The van der Waals surface area contributed by atoms with Gasteiger partial charge in [-0.1, -0.05) is 0 Å². The van der Waals surface area contributed by atoms with Gasteiger partial charge in [0.1, 0.15) is 18.2 Å². The van der Waals surface area contributed by atoms with Gasteiger partial charge in [0.05, 0.1) is 28.9 Å². The number of anilines is 3. The minimum Gasteiger partial charge on any atom is -0.491 e. The van der Waals surface area contributed by atoms with E-state index in [1.54, 1.807) is 18.3 Å². The van der Waals surface area contributed by atoms with Gasteiger partial charge in [0.15, 0.2) is 0 Å². The van der Waals surface area contributed by atoms with Gasteiger partial charge in [0.25, 0.3) is 5.91 Å². The van der Waals surface area contributed by atoms with Gasteiger partial charge in [-0.3, -0.25) is 9.89 Å². The van der Waals surface area contributed by atoms with Gasteiger partial charge in [-0.2, -0.15) is 18.3 Å². The summed E-state index contributed by atoms with van der Waals surface area (Å²) >= 11 is 0. The number of aromatic amines is 1. The van der Waals surface area contributed by atoms with Crippen molar-refractivity contribution in [1.82, 2.24) is 15.2 Å². The number of amides is 1. The maximum Gasteiger partial charge on any atom is 0.416 e. The number of pyridine rings is 1. The Bertz CT molecular complexity index is 1380. The lowest BCUT2D eigenvalue weighted by Crippen LogP contribution is -2.18. The average Bonchev–Trinajstić information content (AvgIpc) is 3.54. The van der Waals surface area contributed by atoms with Gasteiger partial charge in [-0.05, 0) is 55.3 Å². The SMILES string of the molecule is O=C(Nc1cc(OC[C@H]2CCCO2)cc(C(F)(F)F)c1)c1cccnc1Nc1ccc2cn[nH]c2c1. The highest BCUT2D eigenvalue weighted by Gasteiger charge is 2.32. The number of hydrogen-bond donors (Lipinski definition) is 3. The van der Waals surface area contributed by atoms with Crippen LogP contribution in [0.3, 0.4) is 0 Å². The molecule has 1 saturated heterocycles. The van der Waals surface area contributed by atoms with Crippen LogP contribution in [0.15, 0.2) is 60.9 Å². The Balaban J connectivity index is 1.37. The van der Waals surface area contributed by atoms with Crippen molar-refractivity contribution < 1.29 is 27.4 Å². The van der Waals surface area contributed by atoms with E-state index in [4.69, 9.17) is 9.47 Å². The topological polar surface area (TPSA) is 101 Å². The number of H-pyrrole nitrogens is 1. The first-order chi connectivity index (χ1) is 17.3. The molecular formula is C25H22F3N5O3. The van der Waals surface area contributed by atoms with Gasteiger partial charge in [0, 0.05) is 35.6 Å². The van der Waals surface area contributed by atoms with Crippen LogP contribution < -0.4 is 15.4 Å². The Hall–Kier alpha value is -4.12. The number of rotatable bonds is 7. The predicted octanol–water partition coefficient (Wildman–Crippen LogP) is 5.53. The van der Waals surface area contributed by atoms with E-state index >= 15 is 0 Å². The fraction of sp³-hybridized carbons (Fsp3) is 0.240. The van der Waals surface area contributed by atoms with Crippen LogP contribution in [0.4, 0.5) is 30.4 Å². The summed E-state index contributed by atoms with van der Waals surface area (Å²) in [6.07, 6.45) is 0.0843. The first-order valence-electron chi connectivity index (χ1n) is 11.3. The predicted molar refractivity (Wildman–Crippen MR) is 127 cm³/mol. The van der Waals surface area contributed by atoms with Crippen molar-refractivity contribution >= 4 is 34.0 Å². The zero-order valence-corrected chi connectivity index (χ0v) is 18.9. The Labute approximate surface area is 203 Å². The van der Waals surface area contributed by atoms with E-state index in [-0.39, 0.29) is 35.5 Å². The fourth-order valence-electron chi connectivity index (χ4n) is 3.92. The highest BCUT2D eigenvalue weighted by atomic mass is 19.4. The Morgan fingerprint density at radius 2 is 2.06 bits per heavy atom. The Morgan fingerprint density at radius 3 is 2.86 bits per heavy atom. The molecule has 3 heterocycles. The smallest absolute Gasteiger partial charge is 0.416 e. The van der Waals surface area contributed by atoms with Crippen molar-refractivity contribution in [2.45, 2.75) is 25.1 Å². The van der Waals surface area contributed by atoms with Crippen LogP contribution in [0.5, 0.6) is 5.75 Å². The van der Waals surface area contributed by atoms with E-state index in [1.165, 1.54) is 18.3 Å². The minimum absolute atomic E-state index is 0.00646. The number of carbonyl (C=O) groups excluding carboxylic acids is 1. The van der Waals surface area contributed by atoms with Crippen LogP contribution in [0, 0.1) is 0 Å². The van der Waals surface area contributed by atoms with Crippen molar-refractivity contribution in [2.75, 3.05) is 23.8 Å². The second-order valence-corrected chi connectivity index (χ2v) is 8.34. The number of nitrogens with one attached hydrogen (secondary N) is 3. The summed E-state index contributed by atoms with van der Waals surface area (Å²) in [5.41, 5.74) is 0.622. The molecule has 5 rings (SSSR count). The highest BCUT2D eigenvalue weighted by molar-refractivity contribution is 6.08. The van der Waals surface area contributed by atoms with Crippen LogP contribution in [0.25, 0.3) is 10.9 Å². The lowest BCUT2D eigenvalue weighted by atomic mass is 10.1. The number of hydrogen-bond acceptors (Lipinski definition) is 6. The largest absolute Gasteiger partial charge is 0.491 e. The lowest BCUT2D eigenvalue weighted by Gasteiger charge is -2.16. The zero-order valence-electron chi connectivity index (χ0n) is 18.9. The zero-order chi connectivity index (χ0) is 25.1. The number of alkyl halides is 3. The van der Waals surface area contributed by atoms with Crippen molar-refractivity contribution in [3.63, 3.8) is 0 Å². The molecule has 0 radical (unpaired) electrons. The molecule has 0 aliphatic carbocycles. The first-order valence-corrected chi connectivity index (χ1v) is 11.3. The maximum absolute atomic E-state index is 13.5. The summed E-state index contributed by atoms with van der Waals surface area (Å²) in [5, 5.41) is 13.4. The van der Waals surface area contributed by atoms with E-state index in [0.717, 1.165) is 35.9 Å². The molecule has 186 valence electrons. The third-order valence-electron chi connectivity index (χ3n) is 5.71. The highest BCUT2D eigenvalue weighted by Crippen LogP contribution is 2.35. The van der Waals surface area contributed by atoms with Gasteiger partial charge >= 0.3 is 6.18 Å². The number of carbonyl (C=O) groups is 1. The van der Waals surface area contributed by atoms with Crippen LogP contribution >= 0.6 is 0 Å². The van der Waals surface area contributed by atoms with Gasteiger partial charge in [-0.15, -0.1) is 0 Å². The normalized spacial score (nSPS) is 15.7. The molecule has 1 aliphatic heterocycles. The second-order valence-electron chi connectivity index (χ2n) is 8.34. The number of fused-ring (bicyclic) bond motifs is 1. The Kier molecular flexibility index (Phi) is 6.47. The van der Waals surface area contributed by atoms with E-state index < -0.39 is 17.6 Å². The fourth-order valence-corrected chi connectivity index (χ4v) is 3.92. The number of ether oxygens (including phenoxy) is 2. The second kappa shape index (κ2) is 9.86. The summed E-state index contributed by atoms with van der Waals surface area (Å²) in [7, 11) is 0.